The third kappa shape index (κ3) is 4.37. The summed E-state index contributed by atoms with van der Waals surface area (Å²) >= 11 is 5.04. The predicted octanol–water partition coefficient (Wildman–Crippen LogP) is 3.32. The van der Waals surface area contributed by atoms with E-state index in [2.05, 4.69) is 27.9 Å². The Morgan fingerprint density at radius 2 is 1.87 bits per heavy atom. The monoisotopic (exact) mass is 552 g/mol. The van der Waals surface area contributed by atoms with Gasteiger partial charge in [0, 0.05) is 19.1 Å². The molecule has 0 radical (unpaired) electrons. The lowest BCUT2D eigenvalue weighted by Gasteiger charge is -2.49. The average molecular weight is 552 g/mol. The van der Waals surface area contributed by atoms with E-state index in [9.17, 15) is 19.5 Å². The lowest BCUT2D eigenvalue weighted by molar-refractivity contribution is -0.150. The van der Waals surface area contributed by atoms with Gasteiger partial charge in [0.1, 0.15) is 17.1 Å². The van der Waals surface area contributed by atoms with Crippen molar-refractivity contribution in [2.45, 2.75) is 22.7 Å². The average Bonchev–Trinajstić information content (AvgIpc) is 2.74. The van der Waals surface area contributed by atoms with Gasteiger partial charge in [-0.1, -0.05) is 42.1 Å². The topological polar surface area (TPSA) is 86.7 Å². The van der Waals surface area contributed by atoms with E-state index < -0.39 is 17.4 Å². The zero-order valence-corrected chi connectivity index (χ0v) is 19.4. The number of amides is 2. The molecule has 2 heterocycles. The number of β-lactam (4-membered cyclic amide) rings is 1. The van der Waals surface area contributed by atoms with E-state index in [1.807, 2.05) is 54.6 Å². The first-order chi connectivity index (χ1) is 14.4. The van der Waals surface area contributed by atoms with Gasteiger partial charge >= 0.3 is 5.97 Å². The number of hydrogen-bond donors (Lipinski definition) is 2. The molecule has 2 aliphatic rings. The highest BCUT2D eigenvalue weighted by Gasteiger charge is 2.54. The molecule has 2 aromatic carbocycles. The molecule has 0 aliphatic carbocycles. The fraction of sp³-hybridized carbons (Fsp3) is 0.190. The maximum atomic E-state index is 12.7. The third-order valence-electron chi connectivity index (χ3n) is 4.71. The number of carbonyl (C=O) groups is 3. The van der Waals surface area contributed by atoms with Crippen LogP contribution in [0.3, 0.4) is 0 Å². The van der Waals surface area contributed by atoms with E-state index in [-0.39, 0.29) is 23.9 Å². The second-order valence-electron chi connectivity index (χ2n) is 6.75. The Morgan fingerprint density at radius 3 is 2.53 bits per heavy atom. The van der Waals surface area contributed by atoms with Crippen molar-refractivity contribution in [1.29, 1.82) is 0 Å². The van der Waals surface area contributed by atoms with Crippen LogP contribution in [0.15, 0.2) is 70.1 Å². The summed E-state index contributed by atoms with van der Waals surface area (Å²) in [5.74, 6) is -1.29. The molecule has 1 saturated heterocycles. The van der Waals surface area contributed by atoms with Crippen molar-refractivity contribution in [3.05, 3.63) is 74.3 Å². The molecule has 30 heavy (non-hydrogen) atoms. The van der Waals surface area contributed by atoms with E-state index in [0.29, 0.717) is 10.7 Å². The highest BCUT2D eigenvalue weighted by atomic mass is 127. The van der Waals surface area contributed by atoms with Crippen molar-refractivity contribution < 1.29 is 19.5 Å². The van der Waals surface area contributed by atoms with Crippen LogP contribution < -0.4 is 5.32 Å². The van der Waals surface area contributed by atoms with E-state index in [1.165, 1.54) is 28.4 Å². The van der Waals surface area contributed by atoms with E-state index >= 15 is 0 Å². The number of nitrogens with one attached hydrogen (secondary N) is 1. The van der Waals surface area contributed by atoms with E-state index in [1.54, 1.807) is 0 Å². The number of rotatable bonds is 6. The van der Waals surface area contributed by atoms with Crippen LogP contribution >= 0.6 is 46.1 Å². The summed E-state index contributed by atoms with van der Waals surface area (Å²) < 4.78 is 1.09. The summed E-state index contributed by atoms with van der Waals surface area (Å²) in [5.41, 5.74) is 0.873. The maximum Gasteiger partial charge on any atom is 0.353 e. The number of hydrogen-bond acceptors (Lipinski definition) is 5. The number of benzene rings is 2. The summed E-state index contributed by atoms with van der Waals surface area (Å²) in [6, 6.07) is 16.3. The molecule has 154 valence electrons. The Labute approximate surface area is 195 Å². The molecule has 2 N–H and O–H groups in total. The molecule has 2 aromatic rings. The lowest BCUT2D eigenvalue weighted by Crippen LogP contribution is -2.70. The fourth-order valence-corrected chi connectivity index (χ4v) is 6.15. The normalized spacial score (nSPS) is 20.4. The molecular weight excluding hydrogens is 535 g/mol. The number of carbonyl (C=O) groups excluding carboxylic acids is 2. The number of thioether (sulfide) groups is 2. The molecule has 2 amide bonds. The maximum absolute atomic E-state index is 12.7. The van der Waals surface area contributed by atoms with Gasteiger partial charge < -0.3 is 10.4 Å². The quantitative estimate of drug-likeness (QED) is 0.423. The summed E-state index contributed by atoms with van der Waals surface area (Å²) in [6.07, 6.45) is 0.178. The minimum atomic E-state index is -1.13. The first kappa shape index (κ1) is 21.3. The summed E-state index contributed by atoms with van der Waals surface area (Å²) in [5, 5.41) is 12.1. The minimum Gasteiger partial charge on any atom is -0.477 e. The molecule has 6 nitrogen and oxygen atoms in total. The van der Waals surface area contributed by atoms with Crippen LogP contribution in [0.4, 0.5) is 0 Å². The van der Waals surface area contributed by atoms with Crippen LogP contribution in [0.1, 0.15) is 5.56 Å². The first-order valence-corrected chi connectivity index (χ1v) is 12.1. The van der Waals surface area contributed by atoms with Crippen LogP contribution in [0, 0.1) is 3.57 Å². The van der Waals surface area contributed by atoms with Gasteiger partial charge in [0.05, 0.1) is 6.42 Å². The Hall–Kier alpha value is -1.98. The zero-order valence-electron chi connectivity index (χ0n) is 15.6. The van der Waals surface area contributed by atoms with Crippen molar-refractivity contribution in [2.24, 2.45) is 0 Å². The fourth-order valence-electron chi connectivity index (χ4n) is 3.32. The molecule has 0 saturated carbocycles. The Balaban J connectivity index is 1.48. The van der Waals surface area contributed by atoms with Crippen molar-refractivity contribution in [1.82, 2.24) is 10.2 Å². The number of fused-ring (bicyclic) bond motifs is 1. The summed E-state index contributed by atoms with van der Waals surface area (Å²) in [4.78, 5) is 39.9. The molecule has 0 aromatic heterocycles. The highest BCUT2D eigenvalue weighted by Crippen LogP contribution is 2.45. The minimum absolute atomic E-state index is 0.0147. The van der Waals surface area contributed by atoms with Crippen LogP contribution in [0.25, 0.3) is 0 Å². The summed E-state index contributed by atoms with van der Waals surface area (Å²) in [6.45, 7) is 0. The van der Waals surface area contributed by atoms with Crippen LogP contribution in [-0.4, -0.2) is 45.0 Å². The van der Waals surface area contributed by atoms with Crippen molar-refractivity contribution in [3.8, 4) is 0 Å². The second kappa shape index (κ2) is 9.03. The molecule has 1 fully saturated rings. The largest absolute Gasteiger partial charge is 0.477 e. The number of carboxylic acid groups (broad SMARTS) is 1. The molecule has 0 spiro atoms. The van der Waals surface area contributed by atoms with Gasteiger partial charge in [-0.05, 0) is 52.4 Å². The van der Waals surface area contributed by atoms with Gasteiger partial charge in [-0.2, -0.15) is 0 Å². The van der Waals surface area contributed by atoms with Crippen LogP contribution in [0.2, 0.25) is 0 Å². The molecule has 0 unspecified atom stereocenters. The van der Waals surface area contributed by atoms with Gasteiger partial charge in [-0.3, -0.25) is 14.5 Å². The van der Waals surface area contributed by atoms with Crippen molar-refractivity contribution in [3.63, 3.8) is 0 Å². The summed E-state index contributed by atoms with van der Waals surface area (Å²) in [7, 11) is 0. The van der Waals surface area contributed by atoms with Crippen LogP contribution in [0.5, 0.6) is 0 Å². The third-order valence-corrected chi connectivity index (χ3v) is 7.99. The molecule has 9 heteroatoms. The van der Waals surface area contributed by atoms with Crippen molar-refractivity contribution >= 4 is 63.9 Å². The lowest BCUT2D eigenvalue weighted by atomic mass is 10.0. The van der Waals surface area contributed by atoms with E-state index in [0.717, 1.165) is 14.0 Å². The molecule has 2 atom stereocenters. The standard InChI is InChI=1S/C21H17IN2O4S2/c22-13-6-8-14(9-7-13)30-15-11-29-20-17(19(26)24(20)18(15)21(27)28)23-16(25)10-12-4-2-1-3-5-12/h1-9,17,20H,10-11H2,(H,23,25)(H,27,28)/t17-,20+/m1/s1. The first-order valence-electron chi connectivity index (χ1n) is 9.12. The Bertz CT molecular complexity index is 1030. The SMILES string of the molecule is O=C(Cc1ccccc1)N[C@@H]1C(=O)N2C(C(=O)O)=C(Sc3ccc(I)cc3)CS[C@@H]12. The smallest absolute Gasteiger partial charge is 0.353 e. The van der Waals surface area contributed by atoms with Crippen molar-refractivity contribution in [2.75, 3.05) is 5.75 Å². The zero-order chi connectivity index (χ0) is 21.3. The van der Waals surface area contributed by atoms with Gasteiger partial charge in [-0.25, -0.2) is 4.79 Å². The molecule has 2 aliphatic heterocycles. The van der Waals surface area contributed by atoms with Gasteiger partial charge in [0.25, 0.3) is 5.91 Å². The Morgan fingerprint density at radius 1 is 1.17 bits per heavy atom. The number of halogens is 1. The Kier molecular flexibility index (Phi) is 6.40. The predicted molar refractivity (Wildman–Crippen MR) is 125 cm³/mol. The number of nitrogens with zero attached hydrogens (tertiary/aromatic N) is 1. The number of carboxylic acids is 1. The van der Waals surface area contributed by atoms with Crippen LogP contribution in [-0.2, 0) is 20.8 Å². The second-order valence-corrected chi connectivity index (χ2v) is 10.3. The van der Waals surface area contributed by atoms with E-state index in [4.69, 9.17) is 0 Å². The molecule has 4 rings (SSSR count). The molecular formula is C21H17IN2O4S2. The van der Waals surface area contributed by atoms with Gasteiger partial charge in [0.2, 0.25) is 5.91 Å². The molecule has 0 bridgehead atoms. The highest BCUT2D eigenvalue weighted by molar-refractivity contribution is 14.1. The van der Waals surface area contributed by atoms with Gasteiger partial charge in [0.15, 0.2) is 0 Å². The number of aliphatic carboxylic acids is 1. The van der Waals surface area contributed by atoms with Gasteiger partial charge in [-0.15, -0.1) is 11.8 Å².